The third-order valence-corrected chi connectivity index (χ3v) is 3.57. The van der Waals surface area contributed by atoms with E-state index in [-0.39, 0.29) is 5.91 Å². The van der Waals surface area contributed by atoms with Crippen LogP contribution in [-0.2, 0) is 0 Å². The number of halogens is 1. The monoisotopic (exact) mass is 272 g/mol. The van der Waals surface area contributed by atoms with Gasteiger partial charge < -0.3 is 4.90 Å². The number of amides is 1. The van der Waals surface area contributed by atoms with E-state index in [2.05, 4.69) is 31.3 Å². The molecular weight excluding hydrogens is 260 g/mol. The fourth-order valence-corrected chi connectivity index (χ4v) is 2.37. The van der Waals surface area contributed by atoms with Gasteiger partial charge in [-0.1, -0.05) is 15.9 Å². The topological polar surface area (TPSA) is 61.9 Å². The van der Waals surface area contributed by atoms with E-state index >= 15 is 0 Å². The van der Waals surface area contributed by atoms with Gasteiger partial charge in [0, 0.05) is 18.4 Å². The molecule has 1 N–H and O–H groups in total. The zero-order chi connectivity index (χ0) is 10.7. The Morgan fingerprint density at radius 1 is 1.73 bits per heavy atom. The lowest BCUT2D eigenvalue weighted by atomic mass is 10.00. The molecule has 0 saturated carbocycles. The molecule has 2 rings (SSSR count). The highest BCUT2D eigenvalue weighted by molar-refractivity contribution is 9.09. The Balaban J connectivity index is 2.01. The highest BCUT2D eigenvalue weighted by Crippen LogP contribution is 2.19. The van der Waals surface area contributed by atoms with Crippen molar-refractivity contribution in [1.82, 2.24) is 20.3 Å². The summed E-state index contributed by atoms with van der Waals surface area (Å²) in [4.78, 5) is 13.8. The average Bonchev–Trinajstić information content (AvgIpc) is 2.81. The number of hydrogen-bond donors (Lipinski definition) is 1. The minimum Gasteiger partial charge on any atom is -0.337 e. The van der Waals surface area contributed by atoms with Gasteiger partial charge in [-0.2, -0.15) is 15.4 Å². The number of aromatic amines is 1. The van der Waals surface area contributed by atoms with Gasteiger partial charge >= 0.3 is 0 Å². The smallest absolute Gasteiger partial charge is 0.276 e. The predicted molar refractivity (Wildman–Crippen MR) is 58.8 cm³/mol. The molecule has 5 nitrogen and oxygen atoms in total. The van der Waals surface area contributed by atoms with Crippen molar-refractivity contribution in [2.24, 2.45) is 5.92 Å². The van der Waals surface area contributed by atoms with Crippen LogP contribution in [-0.4, -0.2) is 44.6 Å². The number of nitrogens with zero attached hydrogens (tertiary/aromatic N) is 3. The van der Waals surface area contributed by atoms with Crippen LogP contribution in [0.5, 0.6) is 0 Å². The normalized spacial score (nSPS) is 21.7. The maximum atomic E-state index is 11.9. The Morgan fingerprint density at radius 3 is 3.27 bits per heavy atom. The second kappa shape index (κ2) is 4.74. The van der Waals surface area contributed by atoms with Crippen LogP contribution in [0.3, 0.4) is 0 Å². The maximum absolute atomic E-state index is 11.9. The molecule has 1 unspecified atom stereocenters. The summed E-state index contributed by atoms with van der Waals surface area (Å²) < 4.78 is 0. The first-order chi connectivity index (χ1) is 7.31. The van der Waals surface area contributed by atoms with E-state index in [1.54, 1.807) is 0 Å². The molecule has 1 saturated heterocycles. The summed E-state index contributed by atoms with van der Waals surface area (Å²) in [6, 6.07) is 0. The number of carbonyl (C=O) groups is 1. The molecule has 1 aliphatic rings. The summed E-state index contributed by atoms with van der Waals surface area (Å²) in [5.41, 5.74) is 0.408. The van der Waals surface area contributed by atoms with Gasteiger partial charge in [0.15, 0.2) is 5.69 Å². The number of piperidine rings is 1. The maximum Gasteiger partial charge on any atom is 0.276 e. The summed E-state index contributed by atoms with van der Waals surface area (Å²) in [7, 11) is 0. The molecule has 82 valence electrons. The lowest BCUT2D eigenvalue weighted by Crippen LogP contribution is -2.40. The van der Waals surface area contributed by atoms with Gasteiger partial charge in [0.1, 0.15) is 0 Å². The second-order valence-corrected chi connectivity index (χ2v) is 4.42. The fourth-order valence-electron chi connectivity index (χ4n) is 1.84. The van der Waals surface area contributed by atoms with Crippen molar-refractivity contribution in [3.63, 3.8) is 0 Å². The van der Waals surface area contributed by atoms with Gasteiger partial charge in [0.05, 0.1) is 6.20 Å². The van der Waals surface area contributed by atoms with Crippen LogP contribution >= 0.6 is 15.9 Å². The van der Waals surface area contributed by atoms with Crippen molar-refractivity contribution < 1.29 is 4.79 Å². The number of carbonyl (C=O) groups excluding carboxylic acids is 1. The van der Waals surface area contributed by atoms with Crippen molar-refractivity contribution in [1.29, 1.82) is 0 Å². The quantitative estimate of drug-likeness (QED) is 0.819. The molecule has 6 heteroatoms. The molecule has 1 aliphatic heterocycles. The molecule has 1 fully saturated rings. The van der Waals surface area contributed by atoms with Crippen LogP contribution in [0, 0.1) is 5.92 Å². The minimum atomic E-state index is -0.0191. The molecule has 1 aromatic heterocycles. The lowest BCUT2D eigenvalue weighted by molar-refractivity contribution is 0.0680. The number of H-pyrrole nitrogens is 1. The van der Waals surface area contributed by atoms with Crippen molar-refractivity contribution in [2.75, 3.05) is 18.4 Å². The Labute approximate surface area is 96.4 Å². The second-order valence-electron chi connectivity index (χ2n) is 3.77. The van der Waals surface area contributed by atoms with Crippen LogP contribution in [0.15, 0.2) is 6.20 Å². The van der Waals surface area contributed by atoms with E-state index in [4.69, 9.17) is 0 Å². The summed E-state index contributed by atoms with van der Waals surface area (Å²) >= 11 is 3.46. The Morgan fingerprint density at radius 2 is 2.60 bits per heavy atom. The van der Waals surface area contributed by atoms with E-state index in [1.165, 1.54) is 12.6 Å². The molecule has 1 aromatic rings. The number of nitrogens with one attached hydrogen (secondary N) is 1. The van der Waals surface area contributed by atoms with Crippen molar-refractivity contribution in [3.05, 3.63) is 11.9 Å². The highest BCUT2D eigenvalue weighted by atomic mass is 79.9. The zero-order valence-electron chi connectivity index (χ0n) is 8.32. The largest absolute Gasteiger partial charge is 0.337 e. The molecule has 15 heavy (non-hydrogen) atoms. The molecule has 2 heterocycles. The first-order valence-corrected chi connectivity index (χ1v) is 6.14. The number of rotatable bonds is 2. The summed E-state index contributed by atoms with van der Waals surface area (Å²) in [6.07, 6.45) is 3.73. The summed E-state index contributed by atoms with van der Waals surface area (Å²) in [6.45, 7) is 1.64. The van der Waals surface area contributed by atoms with Crippen LogP contribution in [0.1, 0.15) is 23.3 Å². The van der Waals surface area contributed by atoms with Gasteiger partial charge in [0.25, 0.3) is 5.91 Å². The number of hydrogen-bond acceptors (Lipinski definition) is 3. The molecule has 1 atom stereocenters. The van der Waals surface area contributed by atoms with Crippen molar-refractivity contribution in [3.8, 4) is 0 Å². The number of alkyl halides is 1. The first-order valence-electron chi connectivity index (χ1n) is 5.02. The molecule has 0 bridgehead atoms. The number of likely N-dealkylation sites (tertiary alicyclic amines) is 1. The van der Waals surface area contributed by atoms with Gasteiger partial charge in [-0.3, -0.25) is 4.79 Å². The highest BCUT2D eigenvalue weighted by Gasteiger charge is 2.24. The van der Waals surface area contributed by atoms with E-state index < -0.39 is 0 Å². The van der Waals surface area contributed by atoms with E-state index in [1.807, 2.05) is 4.90 Å². The first kappa shape index (κ1) is 10.6. The van der Waals surface area contributed by atoms with E-state index in [0.717, 1.165) is 24.8 Å². The summed E-state index contributed by atoms with van der Waals surface area (Å²) in [5, 5.41) is 10.9. The zero-order valence-corrected chi connectivity index (χ0v) is 9.90. The van der Waals surface area contributed by atoms with Gasteiger partial charge in [0.2, 0.25) is 0 Å². The van der Waals surface area contributed by atoms with E-state index in [0.29, 0.717) is 11.6 Å². The molecule has 0 radical (unpaired) electrons. The van der Waals surface area contributed by atoms with E-state index in [9.17, 15) is 4.79 Å². The predicted octanol–water partition coefficient (Wildman–Crippen LogP) is 1.05. The Hall–Kier alpha value is -0.910. The summed E-state index contributed by atoms with van der Waals surface area (Å²) in [5.74, 6) is 0.545. The van der Waals surface area contributed by atoms with Gasteiger partial charge in [-0.25, -0.2) is 0 Å². The lowest BCUT2D eigenvalue weighted by Gasteiger charge is -2.31. The fraction of sp³-hybridized carbons (Fsp3) is 0.667. The SMILES string of the molecule is O=C(c1cn[nH]n1)N1CCCC(CBr)C1. The third kappa shape index (κ3) is 2.37. The standard InChI is InChI=1S/C9H13BrN4O/c10-4-7-2-1-3-14(6-7)9(15)8-5-11-13-12-8/h5,7H,1-4,6H2,(H,11,12,13). The number of aromatic nitrogens is 3. The van der Waals surface area contributed by atoms with Crippen LogP contribution in [0.4, 0.5) is 0 Å². The molecular formula is C9H13BrN4O. The van der Waals surface area contributed by atoms with Crippen LogP contribution in [0.25, 0.3) is 0 Å². The molecule has 1 amide bonds. The van der Waals surface area contributed by atoms with Crippen LogP contribution < -0.4 is 0 Å². The Bertz CT molecular complexity index is 327. The Kier molecular flexibility index (Phi) is 3.35. The molecule has 0 aliphatic carbocycles. The van der Waals surface area contributed by atoms with Crippen molar-refractivity contribution >= 4 is 21.8 Å². The van der Waals surface area contributed by atoms with Crippen molar-refractivity contribution in [2.45, 2.75) is 12.8 Å². The van der Waals surface area contributed by atoms with Crippen LogP contribution in [0.2, 0.25) is 0 Å². The average molecular weight is 273 g/mol. The minimum absolute atomic E-state index is 0.0191. The van der Waals surface area contributed by atoms with Gasteiger partial charge in [-0.05, 0) is 18.8 Å². The third-order valence-electron chi connectivity index (χ3n) is 2.66. The van der Waals surface area contributed by atoms with Gasteiger partial charge in [-0.15, -0.1) is 0 Å². The molecule has 0 aromatic carbocycles. The molecule has 0 spiro atoms.